The second-order valence-electron chi connectivity index (χ2n) is 5.35. The number of aromatic nitrogens is 2. The number of rotatable bonds is 4. The molecule has 1 saturated heterocycles. The molecule has 120 valence electrons. The first-order valence-corrected chi connectivity index (χ1v) is 7.43. The first-order chi connectivity index (χ1) is 11.1. The smallest absolute Gasteiger partial charge is 0.251 e. The van der Waals surface area contributed by atoms with E-state index in [1.54, 1.807) is 12.3 Å². The van der Waals surface area contributed by atoms with Crippen LogP contribution in [0, 0.1) is 11.6 Å². The normalized spacial score (nSPS) is 14.1. The van der Waals surface area contributed by atoms with E-state index in [2.05, 4.69) is 20.2 Å². The highest BCUT2D eigenvalue weighted by Gasteiger charge is 2.15. The molecule has 0 saturated carbocycles. The molecule has 5 nitrogen and oxygen atoms in total. The van der Waals surface area contributed by atoms with E-state index in [1.807, 2.05) is 0 Å². The van der Waals surface area contributed by atoms with Crippen molar-refractivity contribution in [2.24, 2.45) is 0 Å². The van der Waals surface area contributed by atoms with Crippen molar-refractivity contribution >= 4 is 11.9 Å². The Morgan fingerprint density at radius 2 is 1.96 bits per heavy atom. The number of carbonyl (C=O) groups is 1. The molecule has 1 fully saturated rings. The Hall–Kier alpha value is -2.57. The van der Waals surface area contributed by atoms with Gasteiger partial charge >= 0.3 is 0 Å². The Bertz CT molecular complexity index is 717. The van der Waals surface area contributed by atoms with Gasteiger partial charge in [-0.3, -0.25) is 4.79 Å². The molecule has 0 bridgehead atoms. The van der Waals surface area contributed by atoms with E-state index >= 15 is 0 Å². The summed E-state index contributed by atoms with van der Waals surface area (Å²) >= 11 is 0. The summed E-state index contributed by atoms with van der Waals surface area (Å²) in [6.07, 6.45) is 3.90. The summed E-state index contributed by atoms with van der Waals surface area (Å²) < 4.78 is 26.0. The molecule has 2 heterocycles. The zero-order valence-electron chi connectivity index (χ0n) is 12.4. The molecule has 3 rings (SSSR count). The number of hydrogen-bond donors (Lipinski definition) is 1. The number of hydrogen-bond acceptors (Lipinski definition) is 4. The molecule has 2 aromatic rings. The van der Waals surface area contributed by atoms with E-state index in [1.165, 1.54) is 6.07 Å². The van der Waals surface area contributed by atoms with Crippen LogP contribution in [-0.2, 0) is 6.54 Å². The van der Waals surface area contributed by atoms with Crippen LogP contribution in [0.15, 0.2) is 30.5 Å². The Labute approximate surface area is 132 Å². The van der Waals surface area contributed by atoms with Gasteiger partial charge in [-0.25, -0.2) is 18.7 Å². The summed E-state index contributed by atoms with van der Waals surface area (Å²) in [7, 11) is 0. The van der Waals surface area contributed by atoms with Gasteiger partial charge in [0.05, 0.1) is 12.2 Å². The van der Waals surface area contributed by atoms with Gasteiger partial charge < -0.3 is 10.2 Å². The van der Waals surface area contributed by atoms with Crippen molar-refractivity contribution in [3.63, 3.8) is 0 Å². The number of amides is 1. The highest BCUT2D eigenvalue weighted by Crippen LogP contribution is 2.15. The number of halogens is 2. The number of nitrogens with one attached hydrogen (secondary N) is 1. The van der Waals surface area contributed by atoms with Crippen molar-refractivity contribution in [2.45, 2.75) is 19.4 Å². The van der Waals surface area contributed by atoms with Crippen molar-refractivity contribution in [1.29, 1.82) is 0 Å². The number of carbonyl (C=O) groups excluding carboxylic acids is 1. The molecule has 1 aromatic carbocycles. The fraction of sp³-hybridized carbons (Fsp3) is 0.312. The molecule has 7 heteroatoms. The zero-order chi connectivity index (χ0) is 16.2. The highest BCUT2D eigenvalue weighted by atomic mass is 19.2. The quantitative estimate of drug-likeness (QED) is 0.940. The molecule has 0 aliphatic carbocycles. The van der Waals surface area contributed by atoms with Crippen LogP contribution in [0.25, 0.3) is 0 Å². The van der Waals surface area contributed by atoms with Gasteiger partial charge in [0.2, 0.25) is 5.95 Å². The minimum atomic E-state index is -1.05. The van der Waals surface area contributed by atoms with Crippen LogP contribution in [0.1, 0.15) is 28.9 Å². The lowest BCUT2D eigenvalue weighted by molar-refractivity contribution is 0.0950. The van der Waals surface area contributed by atoms with Gasteiger partial charge in [0.15, 0.2) is 11.6 Å². The maximum atomic E-state index is 13.1. The molecule has 1 aromatic heterocycles. The zero-order valence-corrected chi connectivity index (χ0v) is 12.4. The lowest BCUT2D eigenvalue weighted by Gasteiger charge is -2.15. The Morgan fingerprint density at radius 3 is 2.70 bits per heavy atom. The van der Waals surface area contributed by atoms with Gasteiger partial charge in [-0.2, -0.15) is 0 Å². The molecule has 1 aliphatic heterocycles. The van der Waals surface area contributed by atoms with Crippen molar-refractivity contribution in [2.75, 3.05) is 18.0 Å². The third-order valence-electron chi connectivity index (χ3n) is 3.70. The van der Waals surface area contributed by atoms with Gasteiger partial charge in [-0.15, -0.1) is 0 Å². The lowest BCUT2D eigenvalue weighted by Crippen LogP contribution is -2.25. The number of anilines is 1. The summed E-state index contributed by atoms with van der Waals surface area (Å²) in [4.78, 5) is 22.7. The maximum Gasteiger partial charge on any atom is 0.251 e. The average molecular weight is 318 g/mol. The van der Waals surface area contributed by atoms with Crippen LogP contribution in [0.4, 0.5) is 14.7 Å². The SMILES string of the molecule is O=C(NCc1ccnc(N2CCCC2)n1)c1ccc(F)c(F)c1. The highest BCUT2D eigenvalue weighted by molar-refractivity contribution is 5.94. The van der Waals surface area contributed by atoms with Crippen LogP contribution < -0.4 is 10.2 Å². The summed E-state index contributed by atoms with van der Waals surface area (Å²) in [5.74, 6) is -1.85. The van der Waals surface area contributed by atoms with Gasteiger partial charge in [-0.05, 0) is 37.1 Å². The second kappa shape index (κ2) is 6.68. The molecule has 0 spiro atoms. The molecule has 1 amide bonds. The van der Waals surface area contributed by atoms with Crippen LogP contribution in [-0.4, -0.2) is 29.0 Å². The third-order valence-corrected chi connectivity index (χ3v) is 3.70. The fourth-order valence-electron chi connectivity index (χ4n) is 2.46. The van der Waals surface area contributed by atoms with Crippen LogP contribution >= 0.6 is 0 Å². The Balaban J connectivity index is 1.64. The van der Waals surface area contributed by atoms with E-state index in [0.29, 0.717) is 11.6 Å². The van der Waals surface area contributed by atoms with Crippen LogP contribution in [0.2, 0.25) is 0 Å². The molecule has 1 aliphatic rings. The summed E-state index contributed by atoms with van der Waals surface area (Å²) in [5, 5.41) is 2.64. The van der Waals surface area contributed by atoms with Crippen molar-refractivity contribution in [3.05, 3.63) is 53.4 Å². The molecule has 1 N–H and O–H groups in total. The lowest BCUT2D eigenvalue weighted by atomic mass is 10.2. The van der Waals surface area contributed by atoms with Gasteiger partial charge in [0.25, 0.3) is 5.91 Å². The monoisotopic (exact) mass is 318 g/mol. The van der Waals surface area contributed by atoms with E-state index in [4.69, 9.17) is 0 Å². The molecule has 23 heavy (non-hydrogen) atoms. The van der Waals surface area contributed by atoms with Gasteiger partial charge in [0.1, 0.15) is 0 Å². The Morgan fingerprint density at radius 1 is 1.17 bits per heavy atom. The summed E-state index contributed by atoms with van der Waals surface area (Å²) in [6.45, 7) is 2.07. The first kappa shape index (κ1) is 15.3. The standard InChI is InChI=1S/C16H16F2N4O/c17-13-4-3-11(9-14(13)18)15(23)20-10-12-5-6-19-16(21-12)22-7-1-2-8-22/h3-6,9H,1-2,7-8,10H2,(H,20,23). The van der Waals surface area contributed by atoms with Crippen molar-refractivity contribution < 1.29 is 13.6 Å². The predicted molar refractivity (Wildman–Crippen MR) is 81.0 cm³/mol. The van der Waals surface area contributed by atoms with Gasteiger partial charge in [-0.1, -0.05) is 0 Å². The average Bonchev–Trinajstić information content (AvgIpc) is 3.10. The molecule has 0 atom stereocenters. The molecule has 0 radical (unpaired) electrons. The predicted octanol–water partition coefficient (Wildman–Crippen LogP) is 2.29. The third kappa shape index (κ3) is 3.61. The topological polar surface area (TPSA) is 58.1 Å². The van der Waals surface area contributed by atoms with E-state index in [-0.39, 0.29) is 12.1 Å². The minimum Gasteiger partial charge on any atom is -0.346 e. The molecule has 0 unspecified atom stereocenters. The summed E-state index contributed by atoms with van der Waals surface area (Å²) in [6, 6.07) is 4.76. The van der Waals surface area contributed by atoms with E-state index < -0.39 is 17.5 Å². The molecular formula is C16H16F2N4O. The van der Waals surface area contributed by atoms with Crippen molar-refractivity contribution in [1.82, 2.24) is 15.3 Å². The van der Waals surface area contributed by atoms with Crippen LogP contribution in [0.3, 0.4) is 0 Å². The van der Waals surface area contributed by atoms with E-state index in [0.717, 1.165) is 38.1 Å². The number of nitrogens with zero attached hydrogens (tertiary/aromatic N) is 3. The summed E-state index contributed by atoms with van der Waals surface area (Å²) in [5.41, 5.74) is 0.732. The maximum absolute atomic E-state index is 13.1. The second-order valence-corrected chi connectivity index (χ2v) is 5.35. The van der Waals surface area contributed by atoms with Crippen molar-refractivity contribution in [3.8, 4) is 0 Å². The van der Waals surface area contributed by atoms with E-state index in [9.17, 15) is 13.6 Å². The minimum absolute atomic E-state index is 0.0673. The van der Waals surface area contributed by atoms with Gasteiger partial charge in [0, 0.05) is 24.8 Å². The fourth-order valence-corrected chi connectivity index (χ4v) is 2.46. The molecular weight excluding hydrogens is 302 g/mol. The largest absolute Gasteiger partial charge is 0.346 e. The number of benzene rings is 1. The first-order valence-electron chi connectivity index (χ1n) is 7.43. The van der Waals surface area contributed by atoms with Crippen LogP contribution in [0.5, 0.6) is 0 Å². The Kier molecular flexibility index (Phi) is 4.45.